The van der Waals surface area contributed by atoms with Crippen LogP contribution >= 0.6 is 0 Å². The zero-order chi connectivity index (χ0) is 22.1. The topological polar surface area (TPSA) is 35.5 Å². The Bertz CT molecular complexity index is 1230. The first-order valence-electron chi connectivity index (χ1n) is 11.2. The lowest BCUT2D eigenvalue weighted by atomic mass is 9.68. The molecule has 0 saturated heterocycles. The number of methoxy groups -OCH3 is 1. The number of ether oxygens (including phenoxy) is 2. The quantitative estimate of drug-likeness (QED) is 0.481. The number of ketones is 1. The molecule has 0 amide bonds. The van der Waals surface area contributed by atoms with Gasteiger partial charge in [0, 0.05) is 29.5 Å². The van der Waals surface area contributed by atoms with Gasteiger partial charge in [-0.25, -0.2) is 0 Å². The molecule has 0 radical (unpaired) electrons. The first-order chi connectivity index (χ1) is 15.4. The number of hydrogen-bond donors (Lipinski definition) is 0. The first kappa shape index (κ1) is 19.4. The Hall–Kier alpha value is -3.33. The van der Waals surface area contributed by atoms with Crippen LogP contribution in [0.15, 0.2) is 84.1 Å². The average Bonchev–Trinajstić information content (AvgIpc) is 3.27. The molecular formula is C29H26O3. The van der Waals surface area contributed by atoms with E-state index in [1.807, 2.05) is 12.1 Å². The van der Waals surface area contributed by atoms with Crippen molar-refractivity contribution < 1.29 is 14.3 Å². The van der Waals surface area contributed by atoms with Crippen LogP contribution in [0.2, 0.25) is 0 Å². The minimum atomic E-state index is -0.734. The number of hydrogen-bond acceptors (Lipinski definition) is 3. The minimum absolute atomic E-state index is 0.108. The summed E-state index contributed by atoms with van der Waals surface area (Å²) >= 11 is 0. The van der Waals surface area contributed by atoms with Crippen LogP contribution in [0.5, 0.6) is 5.75 Å². The molecule has 0 aromatic heterocycles. The molecule has 0 N–H and O–H groups in total. The van der Waals surface area contributed by atoms with Gasteiger partial charge in [-0.3, -0.25) is 4.79 Å². The lowest BCUT2D eigenvalue weighted by molar-refractivity contribution is -0.118. The molecule has 3 aromatic rings. The molecule has 3 aliphatic rings. The summed E-state index contributed by atoms with van der Waals surface area (Å²) in [4.78, 5) is 13.6. The highest BCUT2D eigenvalue weighted by Gasteiger charge is 2.60. The summed E-state index contributed by atoms with van der Waals surface area (Å²) in [6, 6.07) is 25.1. The Morgan fingerprint density at radius 1 is 0.844 bits per heavy atom. The van der Waals surface area contributed by atoms with E-state index in [-0.39, 0.29) is 17.1 Å². The van der Waals surface area contributed by atoms with Crippen LogP contribution < -0.4 is 4.74 Å². The molecule has 2 aliphatic carbocycles. The molecule has 0 fully saturated rings. The maximum atomic E-state index is 13.6. The highest BCUT2D eigenvalue weighted by Crippen LogP contribution is 2.64. The Morgan fingerprint density at radius 3 is 2.03 bits per heavy atom. The van der Waals surface area contributed by atoms with Crippen molar-refractivity contribution in [3.63, 3.8) is 0 Å². The third kappa shape index (κ3) is 2.51. The summed E-state index contributed by atoms with van der Waals surface area (Å²) in [5.41, 5.74) is 5.74. The van der Waals surface area contributed by atoms with Crippen LogP contribution in [-0.4, -0.2) is 12.9 Å². The third-order valence-corrected chi connectivity index (χ3v) is 7.25. The number of Topliss-reactive ketones (excluding diaryl/α,β-unsaturated/α-hetero) is 1. The number of allylic oxidation sites excluding steroid dienone is 1. The summed E-state index contributed by atoms with van der Waals surface area (Å²) in [5, 5.41) is 0. The van der Waals surface area contributed by atoms with E-state index in [0.717, 1.165) is 40.2 Å². The van der Waals surface area contributed by atoms with Crippen LogP contribution in [0.3, 0.4) is 0 Å². The van der Waals surface area contributed by atoms with Gasteiger partial charge in [0.25, 0.3) is 0 Å². The molecule has 1 atom stereocenters. The van der Waals surface area contributed by atoms with E-state index in [9.17, 15) is 4.79 Å². The number of benzene rings is 3. The number of rotatable bonds is 2. The molecule has 3 heteroatoms. The van der Waals surface area contributed by atoms with Gasteiger partial charge in [0.2, 0.25) is 0 Å². The molecule has 0 bridgehead atoms. The van der Waals surface area contributed by atoms with Crippen molar-refractivity contribution in [3.05, 3.63) is 101 Å². The fourth-order valence-electron chi connectivity index (χ4n) is 5.99. The molecule has 160 valence electrons. The van der Waals surface area contributed by atoms with Crippen molar-refractivity contribution in [1.82, 2.24) is 0 Å². The van der Waals surface area contributed by atoms with Gasteiger partial charge in [0.05, 0.1) is 13.0 Å². The monoisotopic (exact) mass is 422 g/mol. The van der Waals surface area contributed by atoms with Crippen LogP contribution in [0, 0.1) is 5.41 Å². The Kier molecular flexibility index (Phi) is 3.98. The van der Waals surface area contributed by atoms with E-state index in [1.165, 1.54) is 11.1 Å². The first-order valence-corrected chi connectivity index (χ1v) is 11.2. The Morgan fingerprint density at radius 2 is 1.44 bits per heavy atom. The predicted molar refractivity (Wildman–Crippen MR) is 125 cm³/mol. The van der Waals surface area contributed by atoms with Gasteiger partial charge in [-0.05, 0) is 34.2 Å². The summed E-state index contributed by atoms with van der Waals surface area (Å²) < 4.78 is 12.4. The fraction of sp³-hybridized carbons (Fsp3) is 0.276. The second-order valence-corrected chi connectivity index (χ2v) is 9.91. The summed E-state index contributed by atoms with van der Waals surface area (Å²) in [5.74, 6) is 1.67. The third-order valence-electron chi connectivity index (χ3n) is 7.25. The largest absolute Gasteiger partial charge is 0.497 e. The minimum Gasteiger partial charge on any atom is -0.497 e. The molecule has 1 unspecified atom stereocenters. The zero-order valence-corrected chi connectivity index (χ0v) is 18.6. The smallest absolute Gasteiger partial charge is 0.171 e. The van der Waals surface area contributed by atoms with E-state index in [2.05, 4.69) is 74.5 Å². The zero-order valence-electron chi connectivity index (χ0n) is 18.6. The average molecular weight is 423 g/mol. The summed E-state index contributed by atoms with van der Waals surface area (Å²) in [7, 11) is 1.67. The molecule has 32 heavy (non-hydrogen) atoms. The van der Waals surface area contributed by atoms with Crippen molar-refractivity contribution in [2.45, 2.75) is 38.2 Å². The molecular weight excluding hydrogens is 396 g/mol. The lowest BCUT2D eigenvalue weighted by Gasteiger charge is -2.34. The maximum Gasteiger partial charge on any atom is 0.171 e. The summed E-state index contributed by atoms with van der Waals surface area (Å²) in [6.07, 6.45) is 1.31. The van der Waals surface area contributed by atoms with E-state index in [1.54, 1.807) is 7.11 Å². The second-order valence-electron chi connectivity index (χ2n) is 9.91. The number of carbonyl (C=O) groups excluding carboxylic acids is 1. The summed E-state index contributed by atoms with van der Waals surface area (Å²) in [6.45, 7) is 4.31. The molecule has 6 rings (SSSR count). The van der Waals surface area contributed by atoms with Gasteiger partial charge in [-0.1, -0.05) is 74.5 Å². The highest BCUT2D eigenvalue weighted by atomic mass is 16.5. The maximum absolute atomic E-state index is 13.6. The molecule has 1 heterocycles. The second kappa shape index (κ2) is 6.59. The highest BCUT2D eigenvalue weighted by molar-refractivity contribution is 6.00. The van der Waals surface area contributed by atoms with Gasteiger partial charge in [-0.15, -0.1) is 0 Å². The van der Waals surface area contributed by atoms with Crippen molar-refractivity contribution in [2.24, 2.45) is 5.41 Å². The van der Waals surface area contributed by atoms with E-state index < -0.39 is 5.60 Å². The Balaban J connectivity index is 1.65. The van der Waals surface area contributed by atoms with Crippen LogP contribution in [-0.2, 0) is 15.1 Å². The normalized spacial score (nSPS) is 21.7. The van der Waals surface area contributed by atoms with E-state index >= 15 is 0 Å². The van der Waals surface area contributed by atoms with Gasteiger partial charge in [0.1, 0.15) is 11.5 Å². The van der Waals surface area contributed by atoms with Crippen molar-refractivity contribution in [2.75, 3.05) is 7.11 Å². The van der Waals surface area contributed by atoms with Crippen molar-refractivity contribution in [3.8, 4) is 16.9 Å². The predicted octanol–water partition coefficient (Wildman–Crippen LogP) is 6.38. The van der Waals surface area contributed by atoms with Gasteiger partial charge in [-0.2, -0.15) is 0 Å². The van der Waals surface area contributed by atoms with E-state index in [0.29, 0.717) is 6.42 Å². The van der Waals surface area contributed by atoms with Crippen molar-refractivity contribution in [1.29, 1.82) is 0 Å². The van der Waals surface area contributed by atoms with Gasteiger partial charge >= 0.3 is 0 Å². The number of carbonyl (C=O) groups is 1. The van der Waals surface area contributed by atoms with Crippen LogP contribution in [0.1, 0.15) is 49.3 Å². The van der Waals surface area contributed by atoms with Crippen LogP contribution in [0.4, 0.5) is 0 Å². The lowest BCUT2D eigenvalue weighted by Crippen LogP contribution is -2.33. The SMILES string of the molecule is COc1ccc(C2C3=C(CC(C)(C)CC3=O)OC23c2ccccc2-c2ccccc23)cc1. The molecule has 3 nitrogen and oxygen atoms in total. The fourth-order valence-corrected chi connectivity index (χ4v) is 5.99. The van der Waals surface area contributed by atoms with Crippen LogP contribution in [0.25, 0.3) is 11.1 Å². The molecule has 1 spiro atoms. The van der Waals surface area contributed by atoms with Gasteiger partial charge < -0.3 is 9.47 Å². The number of fused-ring (bicyclic) bond motifs is 5. The standard InChI is InChI=1S/C29H26O3/c1-28(2)16-24(30)26-25(17-28)32-29(27(26)18-12-14-19(31-3)15-13-18)22-10-6-4-8-20(22)21-9-5-7-11-23(21)29/h4-15,27H,16-17H2,1-3H3. The molecule has 1 aliphatic heterocycles. The van der Waals surface area contributed by atoms with E-state index in [4.69, 9.17) is 9.47 Å². The molecule has 0 saturated carbocycles. The van der Waals surface area contributed by atoms with Crippen molar-refractivity contribution >= 4 is 5.78 Å². The van der Waals surface area contributed by atoms with Gasteiger partial charge in [0.15, 0.2) is 11.4 Å². The molecule has 3 aromatic carbocycles. The Labute approximate surface area is 188 Å².